The Morgan fingerprint density at radius 3 is 1.94 bits per heavy atom. The first-order valence-electron chi connectivity index (χ1n) is 10.7. The molecule has 0 spiro atoms. The zero-order valence-corrected chi connectivity index (χ0v) is 18.1. The number of hydrogen-bond acceptors (Lipinski definition) is 5. The summed E-state index contributed by atoms with van der Waals surface area (Å²) in [5.41, 5.74) is 8.59. The maximum Gasteiger partial charge on any atom is 0.326 e. The molecule has 0 aliphatic heterocycles. The molecular weight excluding hydrogens is 420 g/mol. The van der Waals surface area contributed by atoms with E-state index in [9.17, 15) is 19.8 Å². The number of rotatable bonds is 11. The molecule has 0 fully saturated rings. The van der Waals surface area contributed by atoms with Gasteiger partial charge in [-0.15, -0.1) is 0 Å². The molecule has 0 bridgehead atoms. The van der Waals surface area contributed by atoms with Crippen molar-refractivity contribution >= 4 is 11.9 Å². The lowest BCUT2D eigenvalue weighted by Gasteiger charge is -2.21. The van der Waals surface area contributed by atoms with Gasteiger partial charge in [-0.25, -0.2) is 4.79 Å². The van der Waals surface area contributed by atoms with Crippen LogP contribution in [0.15, 0.2) is 84.9 Å². The molecule has 7 nitrogen and oxygen atoms in total. The first-order chi connectivity index (χ1) is 15.9. The van der Waals surface area contributed by atoms with E-state index in [1.165, 1.54) is 0 Å². The summed E-state index contributed by atoms with van der Waals surface area (Å²) in [5, 5.41) is 22.2. The summed E-state index contributed by atoms with van der Waals surface area (Å²) in [5.74, 6) is -1.36. The van der Waals surface area contributed by atoms with Crippen LogP contribution in [0.3, 0.4) is 0 Å². The van der Waals surface area contributed by atoms with Crippen molar-refractivity contribution in [2.24, 2.45) is 5.73 Å². The SMILES string of the molecule is N[C@H](Cc1ccccc1)[C@H](O)C(=O)N[C@@H](Cc1ccc(OCc2ccccc2)cc1)C(=O)O. The van der Waals surface area contributed by atoms with Crippen molar-refractivity contribution < 1.29 is 24.5 Å². The molecule has 0 saturated heterocycles. The van der Waals surface area contributed by atoms with Gasteiger partial charge < -0.3 is 26.0 Å². The third kappa shape index (κ3) is 7.45. The van der Waals surface area contributed by atoms with Crippen molar-refractivity contribution in [1.29, 1.82) is 0 Å². The van der Waals surface area contributed by atoms with Gasteiger partial charge in [-0.1, -0.05) is 72.8 Å². The van der Waals surface area contributed by atoms with Gasteiger partial charge in [0.15, 0.2) is 0 Å². The van der Waals surface area contributed by atoms with Crippen LogP contribution in [0.25, 0.3) is 0 Å². The number of carboxylic acid groups (broad SMARTS) is 1. The summed E-state index contributed by atoms with van der Waals surface area (Å²) in [7, 11) is 0. The summed E-state index contributed by atoms with van der Waals surface area (Å²) < 4.78 is 5.74. The fourth-order valence-electron chi connectivity index (χ4n) is 3.35. The molecule has 7 heteroatoms. The van der Waals surface area contributed by atoms with Gasteiger partial charge in [0, 0.05) is 12.5 Å². The number of aliphatic hydroxyl groups is 1. The normalized spacial score (nSPS) is 13.5. The van der Waals surface area contributed by atoms with E-state index in [2.05, 4.69) is 5.32 Å². The number of nitrogens with one attached hydrogen (secondary N) is 1. The Hall–Kier alpha value is -3.68. The second-order valence-corrected chi connectivity index (χ2v) is 7.82. The predicted molar refractivity (Wildman–Crippen MR) is 125 cm³/mol. The van der Waals surface area contributed by atoms with Crippen molar-refractivity contribution in [3.8, 4) is 5.75 Å². The number of nitrogens with two attached hydrogens (primary N) is 1. The van der Waals surface area contributed by atoms with E-state index in [0.717, 1.165) is 11.1 Å². The second-order valence-electron chi connectivity index (χ2n) is 7.82. The van der Waals surface area contributed by atoms with Crippen LogP contribution < -0.4 is 15.8 Å². The van der Waals surface area contributed by atoms with E-state index in [-0.39, 0.29) is 12.8 Å². The average Bonchev–Trinajstić information content (AvgIpc) is 2.83. The number of aliphatic carboxylic acids is 1. The lowest BCUT2D eigenvalue weighted by molar-refractivity contribution is -0.143. The molecule has 0 aliphatic carbocycles. The van der Waals surface area contributed by atoms with Gasteiger partial charge in [-0.05, 0) is 35.2 Å². The van der Waals surface area contributed by atoms with Crippen molar-refractivity contribution in [3.63, 3.8) is 0 Å². The molecule has 33 heavy (non-hydrogen) atoms. The van der Waals surface area contributed by atoms with Crippen LogP contribution in [0.2, 0.25) is 0 Å². The smallest absolute Gasteiger partial charge is 0.326 e. The number of aliphatic hydroxyl groups excluding tert-OH is 1. The topological polar surface area (TPSA) is 122 Å². The molecule has 3 rings (SSSR count). The molecule has 0 aliphatic rings. The zero-order chi connectivity index (χ0) is 23.6. The van der Waals surface area contributed by atoms with Crippen LogP contribution in [-0.2, 0) is 29.0 Å². The molecule has 5 N–H and O–H groups in total. The van der Waals surface area contributed by atoms with Gasteiger partial charge in [0.2, 0.25) is 0 Å². The van der Waals surface area contributed by atoms with Gasteiger partial charge in [0.05, 0.1) is 0 Å². The van der Waals surface area contributed by atoms with Crippen LogP contribution in [0.5, 0.6) is 5.75 Å². The highest BCUT2D eigenvalue weighted by molar-refractivity contribution is 5.86. The maximum atomic E-state index is 12.4. The number of hydrogen-bond donors (Lipinski definition) is 4. The highest BCUT2D eigenvalue weighted by Crippen LogP contribution is 2.16. The minimum absolute atomic E-state index is 0.0562. The quantitative estimate of drug-likeness (QED) is 0.357. The minimum Gasteiger partial charge on any atom is -0.489 e. The summed E-state index contributed by atoms with van der Waals surface area (Å²) in [6.07, 6.45) is -1.18. The number of carbonyl (C=O) groups is 2. The fraction of sp³-hybridized carbons (Fsp3) is 0.231. The monoisotopic (exact) mass is 448 g/mol. The van der Waals surface area contributed by atoms with E-state index in [4.69, 9.17) is 10.5 Å². The molecule has 0 radical (unpaired) electrons. The van der Waals surface area contributed by atoms with Crippen LogP contribution in [0.4, 0.5) is 0 Å². The lowest BCUT2D eigenvalue weighted by Crippen LogP contribution is -2.52. The standard InChI is InChI=1S/C26H28N2O5/c27-22(15-18-7-3-1-4-8-18)24(29)25(30)28-23(26(31)32)16-19-11-13-21(14-12-19)33-17-20-9-5-2-6-10-20/h1-14,22-24,29H,15-17,27H2,(H,28,30)(H,31,32)/t22-,23+,24+/m1/s1. The maximum absolute atomic E-state index is 12.4. The Morgan fingerprint density at radius 1 is 0.818 bits per heavy atom. The van der Waals surface area contributed by atoms with Gasteiger partial charge in [-0.2, -0.15) is 0 Å². The number of carbonyl (C=O) groups excluding carboxylic acids is 1. The minimum atomic E-state index is -1.53. The Bertz CT molecular complexity index is 1030. The van der Waals surface area contributed by atoms with E-state index >= 15 is 0 Å². The van der Waals surface area contributed by atoms with Gasteiger partial charge in [0.25, 0.3) is 5.91 Å². The Morgan fingerprint density at radius 2 is 1.36 bits per heavy atom. The zero-order valence-electron chi connectivity index (χ0n) is 18.1. The van der Waals surface area contributed by atoms with E-state index in [1.807, 2.05) is 60.7 Å². The summed E-state index contributed by atoms with van der Waals surface area (Å²) in [6.45, 7) is 0.426. The Balaban J connectivity index is 1.54. The number of benzene rings is 3. The van der Waals surface area contributed by atoms with Crippen molar-refractivity contribution in [2.75, 3.05) is 0 Å². The molecule has 0 heterocycles. The largest absolute Gasteiger partial charge is 0.489 e. The first kappa shape index (κ1) is 24.0. The lowest BCUT2D eigenvalue weighted by atomic mass is 10.0. The van der Waals surface area contributed by atoms with Crippen LogP contribution in [-0.4, -0.2) is 40.3 Å². The van der Waals surface area contributed by atoms with E-state index in [1.54, 1.807) is 24.3 Å². The van der Waals surface area contributed by atoms with Crippen LogP contribution in [0, 0.1) is 0 Å². The fourth-order valence-corrected chi connectivity index (χ4v) is 3.35. The number of ether oxygens (including phenoxy) is 1. The molecule has 1 amide bonds. The molecule has 0 unspecified atom stereocenters. The van der Waals surface area contributed by atoms with E-state index < -0.39 is 30.1 Å². The third-order valence-electron chi connectivity index (χ3n) is 5.21. The molecule has 3 aromatic rings. The third-order valence-corrected chi connectivity index (χ3v) is 5.21. The van der Waals surface area contributed by atoms with Gasteiger partial charge in [0.1, 0.15) is 24.5 Å². The summed E-state index contributed by atoms with van der Waals surface area (Å²) in [4.78, 5) is 24.1. The molecule has 0 aromatic heterocycles. The van der Waals surface area contributed by atoms with Crippen molar-refractivity contribution in [1.82, 2.24) is 5.32 Å². The average molecular weight is 449 g/mol. The van der Waals surface area contributed by atoms with Gasteiger partial charge >= 0.3 is 5.97 Å². The second kappa shape index (κ2) is 11.8. The van der Waals surface area contributed by atoms with Crippen molar-refractivity contribution in [3.05, 3.63) is 102 Å². The molecule has 172 valence electrons. The highest BCUT2D eigenvalue weighted by atomic mass is 16.5. The molecule has 3 atom stereocenters. The van der Waals surface area contributed by atoms with Crippen molar-refractivity contribution in [2.45, 2.75) is 37.6 Å². The number of carboxylic acids is 1. The van der Waals surface area contributed by atoms with Crippen LogP contribution in [0.1, 0.15) is 16.7 Å². The summed E-state index contributed by atoms with van der Waals surface area (Å²) >= 11 is 0. The molecule has 0 saturated carbocycles. The summed E-state index contributed by atoms with van der Waals surface area (Å²) in [6, 6.07) is 23.9. The Labute approximate surface area is 192 Å². The number of amides is 1. The predicted octanol–water partition coefficient (Wildman–Crippen LogP) is 2.31. The highest BCUT2D eigenvalue weighted by Gasteiger charge is 2.28. The molecular formula is C26H28N2O5. The van der Waals surface area contributed by atoms with E-state index in [0.29, 0.717) is 17.9 Å². The van der Waals surface area contributed by atoms with Crippen LogP contribution >= 0.6 is 0 Å². The Kier molecular flexibility index (Phi) is 8.57. The molecule has 3 aromatic carbocycles. The van der Waals surface area contributed by atoms with Gasteiger partial charge in [-0.3, -0.25) is 4.79 Å². The first-order valence-corrected chi connectivity index (χ1v) is 10.7.